The van der Waals surface area contributed by atoms with Crippen LogP contribution >= 0.6 is 11.3 Å². The third-order valence-corrected chi connectivity index (χ3v) is 6.83. The Kier molecular flexibility index (Phi) is 6.23. The molecule has 0 radical (unpaired) electrons. The number of anilines is 1. The van der Waals surface area contributed by atoms with Gasteiger partial charge in [-0.2, -0.15) is 0 Å². The van der Waals surface area contributed by atoms with Crippen LogP contribution in [0.4, 0.5) is 5.13 Å². The molecule has 1 fully saturated rings. The van der Waals surface area contributed by atoms with E-state index in [-0.39, 0.29) is 5.71 Å². The first kappa shape index (κ1) is 22.0. The largest absolute Gasteiger partial charge is 0.476 e. The number of thiazole rings is 1. The molecule has 170 valence electrons. The van der Waals surface area contributed by atoms with Crippen molar-refractivity contribution in [3.63, 3.8) is 0 Å². The number of carboxylic acid groups (broad SMARTS) is 1. The molecule has 6 heteroatoms. The lowest BCUT2D eigenvalue weighted by Gasteiger charge is -2.36. The number of rotatable bonds is 9. The zero-order valence-corrected chi connectivity index (χ0v) is 19.4. The maximum Gasteiger partial charge on any atom is 0.356 e. The van der Waals surface area contributed by atoms with E-state index in [4.69, 9.17) is 0 Å². The Hall–Kier alpha value is -3.77. The number of benzene rings is 3. The molecule has 0 atom stereocenters. The van der Waals surface area contributed by atoms with Crippen molar-refractivity contribution >= 4 is 28.1 Å². The summed E-state index contributed by atoms with van der Waals surface area (Å²) in [4.78, 5) is 21.0. The second-order valence-corrected chi connectivity index (χ2v) is 9.31. The first-order valence-electron chi connectivity index (χ1n) is 11.4. The first-order valence-corrected chi connectivity index (χ1v) is 12.2. The minimum Gasteiger partial charge on any atom is -0.476 e. The van der Waals surface area contributed by atoms with E-state index in [2.05, 4.69) is 51.7 Å². The lowest BCUT2D eigenvalue weighted by atomic mass is 9.77. The fraction of sp³-hybridized carbons (Fsp3) is 0.179. The molecule has 34 heavy (non-hydrogen) atoms. The molecule has 5 nitrogen and oxygen atoms in total. The van der Waals surface area contributed by atoms with Gasteiger partial charge in [-0.25, -0.2) is 9.78 Å². The van der Waals surface area contributed by atoms with Crippen LogP contribution in [0.25, 0.3) is 0 Å². The zero-order chi connectivity index (χ0) is 23.4. The molecule has 0 spiro atoms. The fourth-order valence-electron chi connectivity index (χ4n) is 4.16. The van der Waals surface area contributed by atoms with Crippen molar-refractivity contribution in [1.82, 2.24) is 4.98 Å². The summed E-state index contributed by atoms with van der Waals surface area (Å²) in [6.45, 7) is 0.546. The molecule has 0 unspecified atom stereocenters. The van der Waals surface area contributed by atoms with Gasteiger partial charge in [0, 0.05) is 11.9 Å². The predicted molar refractivity (Wildman–Crippen MR) is 137 cm³/mol. The summed E-state index contributed by atoms with van der Waals surface area (Å²) in [5.41, 5.74) is 2.89. The van der Waals surface area contributed by atoms with E-state index in [1.807, 2.05) is 54.6 Å². The van der Waals surface area contributed by atoms with E-state index >= 15 is 0 Å². The number of aromatic nitrogens is 1. The Morgan fingerprint density at radius 1 is 0.912 bits per heavy atom. The maximum absolute atomic E-state index is 11.9. The van der Waals surface area contributed by atoms with Crippen molar-refractivity contribution in [2.45, 2.75) is 18.4 Å². The quantitative estimate of drug-likeness (QED) is 0.240. The van der Waals surface area contributed by atoms with Gasteiger partial charge in [-0.1, -0.05) is 91.0 Å². The van der Waals surface area contributed by atoms with Gasteiger partial charge in [-0.05, 0) is 35.4 Å². The van der Waals surface area contributed by atoms with Crippen molar-refractivity contribution in [1.29, 1.82) is 0 Å². The van der Waals surface area contributed by atoms with Crippen LogP contribution in [0.2, 0.25) is 0 Å². The molecule has 2 N–H and O–H groups in total. The highest BCUT2D eigenvalue weighted by Gasteiger charge is 2.37. The number of carbonyl (C=O) groups is 1. The second kappa shape index (κ2) is 9.61. The van der Waals surface area contributed by atoms with Crippen LogP contribution < -0.4 is 5.32 Å². The van der Waals surface area contributed by atoms with E-state index in [1.165, 1.54) is 11.3 Å². The Balaban J connectivity index is 1.61. The van der Waals surface area contributed by atoms with Gasteiger partial charge in [0.2, 0.25) is 0 Å². The highest BCUT2D eigenvalue weighted by molar-refractivity contribution is 7.14. The van der Waals surface area contributed by atoms with Crippen LogP contribution in [-0.2, 0) is 10.3 Å². The van der Waals surface area contributed by atoms with Crippen molar-refractivity contribution in [3.8, 4) is 0 Å². The SMILES string of the molecule is O=C(O)C(=NCC1CC1)c1csc(NC(c2ccccc2)(c2ccccc2)c2ccccc2)n1. The fourth-order valence-corrected chi connectivity index (χ4v) is 4.91. The average Bonchev–Trinajstić information content (AvgIpc) is 3.60. The monoisotopic (exact) mass is 467 g/mol. The minimum atomic E-state index is -1.04. The highest BCUT2D eigenvalue weighted by atomic mass is 32.1. The molecule has 3 aromatic carbocycles. The number of nitrogens with one attached hydrogen (secondary N) is 1. The van der Waals surface area contributed by atoms with Gasteiger partial charge in [-0.3, -0.25) is 4.99 Å². The van der Waals surface area contributed by atoms with Crippen molar-refractivity contribution in [3.05, 3.63) is 119 Å². The summed E-state index contributed by atoms with van der Waals surface area (Å²) in [5.74, 6) is -0.537. The van der Waals surface area contributed by atoms with Gasteiger partial charge < -0.3 is 10.4 Å². The molecule has 1 aromatic heterocycles. The standard InChI is InChI=1S/C28H25N3O2S/c32-26(33)25(29-18-20-16-17-20)24-19-34-27(30-24)31-28(21-10-4-1-5-11-21,22-12-6-2-7-13-22)23-14-8-3-9-15-23/h1-15,19-20H,16-18H2,(H,30,31)(H,32,33). The van der Waals surface area contributed by atoms with Gasteiger partial charge in [0.1, 0.15) is 11.2 Å². The second-order valence-electron chi connectivity index (χ2n) is 8.45. The normalized spacial score (nSPS) is 14.1. The zero-order valence-electron chi connectivity index (χ0n) is 18.6. The Labute approximate surface area is 202 Å². The van der Waals surface area contributed by atoms with Crippen molar-refractivity contribution in [2.24, 2.45) is 10.9 Å². The number of carboxylic acids is 1. The number of aliphatic carboxylic acids is 1. The summed E-state index contributed by atoms with van der Waals surface area (Å²) in [7, 11) is 0. The van der Waals surface area contributed by atoms with Crippen LogP contribution in [-0.4, -0.2) is 28.3 Å². The molecule has 1 heterocycles. The van der Waals surface area contributed by atoms with E-state index < -0.39 is 11.5 Å². The molecular weight excluding hydrogens is 442 g/mol. The van der Waals surface area contributed by atoms with Crippen LogP contribution in [0.5, 0.6) is 0 Å². The van der Waals surface area contributed by atoms with Gasteiger partial charge in [0.25, 0.3) is 0 Å². The van der Waals surface area contributed by atoms with Gasteiger partial charge in [0.15, 0.2) is 10.8 Å². The summed E-state index contributed by atoms with van der Waals surface area (Å²) in [6.07, 6.45) is 2.24. The molecule has 1 aliphatic carbocycles. The Morgan fingerprint density at radius 2 is 1.41 bits per heavy atom. The summed E-state index contributed by atoms with van der Waals surface area (Å²) in [5, 5.41) is 15.8. The number of hydrogen-bond acceptors (Lipinski definition) is 5. The van der Waals surface area contributed by atoms with Crippen LogP contribution in [0.15, 0.2) is 101 Å². The van der Waals surface area contributed by atoms with Crippen LogP contribution in [0.3, 0.4) is 0 Å². The van der Waals surface area contributed by atoms with Crippen molar-refractivity contribution < 1.29 is 9.90 Å². The summed E-state index contributed by atoms with van der Waals surface area (Å²) < 4.78 is 0. The molecule has 4 aromatic rings. The molecule has 0 saturated heterocycles. The summed E-state index contributed by atoms with van der Waals surface area (Å²) >= 11 is 1.39. The molecule has 5 rings (SSSR count). The smallest absolute Gasteiger partial charge is 0.356 e. The highest BCUT2D eigenvalue weighted by Crippen LogP contribution is 2.40. The third-order valence-electron chi connectivity index (χ3n) is 6.07. The van der Waals surface area contributed by atoms with Gasteiger partial charge >= 0.3 is 5.97 Å². The van der Waals surface area contributed by atoms with Crippen molar-refractivity contribution in [2.75, 3.05) is 11.9 Å². The summed E-state index contributed by atoms with van der Waals surface area (Å²) in [6, 6.07) is 30.7. The minimum absolute atomic E-state index is 0.0286. The lowest BCUT2D eigenvalue weighted by molar-refractivity contribution is -0.129. The molecule has 0 bridgehead atoms. The van der Waals surface area contributed by atoms with E-state index in [9.17, 15) is 9.90 Å². The topological polar surface area (TPSA) is 74.6 Å². The first-order chi connectivity index (χ1) is 16.7. The molecule has 0 aliphatic heterocycles. The van der Waals surface area contributed by atoms with Crippen LogP contribution in [0, 0.1) is 5.92 Å². The van der Waals surface area contributed by atoms with Gasteiger partial charge in [-0.15, -0.1) is 11.3 Å². The van der Waals surface area contributed by atoms with E-state index in [1.54, 1.807) is 5.38 Å². The number of nitrogens with zero attached hydrogens (tertiary/aromatic N) is 2. The number of aliphatic imine (C=N–C) groups is 1. The average molecular weight is 468 g/mol. The third kappa shape index (κ3) is 4.50. The Morgan fingerprint density at radius 3 is 1.85 bits per heavy atom. The lowest BCUT2D eigenvalue weighted by Crippen LogP contribution is -2.38. The maximum atomic E-state index is 11.9. The Bertz CT molecular complexity index is 1190. The molecule has 1 saturated carbocycles. The molecule has 1 aliphatic rings. The predicted octanol–water partition coefficient (Wildman–Crippen LogP) is 5.83. The molecular formula is C28H25N3O2S. The number of hydrogen-bond donors (Lipinski definition) is 2. The van der Waals surface area contributed by atoms with Gasteiger partial charge in [0.05, 0.1) is 0 Å². The molecule has 0 amide bonds. The van der Waals surface area contributed by atoms with Crippen LogP contribution in [0.1, 0.15) is 35.2 Å². The van der Waals surface area contributed by atoms with E-state index in [0.29, 0.717) is 23.3 Å². The van der Waals surface area contributed by atoms with E-state index in [0.717, 1.165) is 29.5 Å².